The molecule has 1 aromatic carbocycles. The molecule has 2 aromatic rings. The van der Waals surface area contributed by atoms with Gasteiger partial charge in [-0.25, -0.2) is 4.39 Å². The van der Waals surface area contributed by atoms with Crippen molar-refractivity contribution >= 4 is 0 Å². The van der Waals surface area contributed by atoms with E-state index in [1.807, 2.05) is 32.9 Å². The van der Waals surface area contributed by atoms with Crippen LogP contribution in [-0.2, 0) is 6.42 Å². The summed E-state index contributed by atoms with van der Waals surface area (Å²) >= 11 is 0. The van der Waals surface area contributed by atoms with E-state index in [1.54, 1.807) is 6.07 Å². The van der Waals surface area contributed by atoms with Gasteiger partial charge in [0, 0.05) is 23.4 Å². The van der Waals surface area contributed by atoms with Gasteiger partial charge in [0.1, 0.15) is 5.82 Å². The Kier molecular flexibility index (Phi) is 3.96. The van der Waals surface area contributed by atoms with Crippen molar-refractivity contribution in [3.05, 3.63) is 64.2 Å². The molecule has 2 rings (SSSR count). The predicted octanol–water partition coefficient (Wildman–Crippen LogP) is 3.42. The van der Waals surface area contributed by atoms with Crippen LogP contribution in [0.4, 0.5) is 4.39 Å². The fraction of sp³-hybridized carbons (Fsp3) is 0.312. The highest BCUT2D eigenvalue weighted by Gasteiger charge is 2.13. The van der Waals surface area contributed by atoms with Crippen LogP contribution in [0.25, 0.3) is 0 Å². The standard InChI is InChI=1S/C16H18FNO/c1-10-8-14(17)6-5-13(10)9-16(19)15-7-4-11(2)18-12(15)3/h4-8,16,19H,9H2,1-3H3. The highest BCUT2D eigenvalue weighted by Crippen LogP contribution is 2.23. The molecule has 1 unspecified atom stereocenters. The summed E-state index contributed by atoms with van der Waals surface area (Å²) in [5, 5.41) is 10.3. The average Bonchev–Trinajstić information content (AvgIpc) is 2.32. The van der Waals surface area contributed by atoms with Gasteiger partial charge in [0.25, 0.3) is 0 Å². The lowest BCUT2D eigenvalue weighted by molar-refractivity contribution is 0.177. The molecule has 1 heterocycles. The number of halogens is 1. The number of rotatable bonds is 3. The monoisotopic (exact) mass is 259 g/mol. The van der Waals surface area contributed by atoms with Crippen molar-refractivity contribution < 1.29 is 9.50 Å². The van der Waals surface area contributed by atoms with Gasteiger partial charge in [0.2, 0.25) is 0 Å². The summed E-state index contributed by atoms with van der Waals surface area (Å²) in [7, 11) is 0. The summed E-state index contributed by atoms with van der Waals surface area (Å²) in [6.07, 6.45) is -0.144. The minimum Gasteiger partial charge on any atom is -0.388 e. The molecule has 3 heteroatoms. The zero-order valence-electron chi connectivity index (χ0n) is 11.4. The van der Waals surface area contributed by atoms with E-state index in [1.165, 1.54) is 12.1 Å². The van der Waals surface area contributed by atoms with Crippen LogP contribution < -0.4 is 0 Å². The van der Waals surface area contributed by atoms with Crippen molar-refractivity contribution in [1.82, 2.24) is 4.98 Å². The predicted molar refractivity (Wildman–Crippen MR) is 73.5 cm³/mol. The molecule has 0 aliphatic rings. The topological polar surface area (TPSA) is 33.1 Å². The molecular formula is C16H18FNO. The van der Waals surface area contributed by atoms with Crippen LogP contribution in [-0.4, -0.2) is 10.1 Å². The molecule has 0 spiro atoms. The van der Waals surface area contributed by atoms with E-state index in [4.69, 9.17) is 0 Å². The van der Waals surface area contributed by atoms with E-state index in [0.717, 1.165) is 28.1 Å². The molecule has 0 saturated carbocycles. The number of aliphatic hydroxyl groups excluding tert-OH is 1. The maximum absolute atomic E-state index is 13.0. The third kappa shape index (κ3) is 3.18. The van der Waals surface area contributed by atoms with Gasteiger partial charge in [0.15, 0.2) is 0 Å². The van der Waals surface area contributed by atoms with Gasteiger partial charge >= 0.3 is 0 Å². The zero-order chi connectivity index (χ0) is 14.0. The molecule has 0 aliphatic carbocycles. The van der Waals surface area contributed by atoms with E-state index < -0.39 is 6.10 Å². The van der Waals surface area contributed by atoms with Gasteiger partial charge in [-0.2, -0.15) is 0 Å². The van der Waals surface area contributed by atoms with E-state index in [9.17, 15) is 9.50 Å². The van der Waals surface area contributed by atoms with E-state index >= 15 is 0 Å². The fourth-order valence-corrected chi connectivity index (χ4v) is 2.26. The van der Waals surface area contributed by atoms with Crippen LogP contribution in [0, 0.1) is 26.6 Å². The average molecular weight is 259 g/mol. The number of aryl methyl sites for hydroxylation is 3. The molecule has 1 aromatic heterocycles. The molecule has 0 radical (unpaired) electrons. The van der Waals surface area contributed by atoms with Gasteiger partial charge < -0.3 is 5.11 Å². The first-order valence-electron chi connectivity index (χ1n) is 6.34. The van der Waals surface area contributed by atoms with Crippen LogP contribution >= 0.6 is 0 Å². The number of benzene rings is 1. The second-order valence-electron chi connectivity index (χ2n) is 4.92. The van der Waals surface area contributed by atoms with Gasteiger partial charge in [-0.1, -0.05) is 12.1 Å². The van der Waals surface area contributed by atoms with Crippen molar-refractivity contribution in [3.63, 3.8) is 0 Å². The molecule has 2 nitrogen and oxygen atoms in total. The Labute approximate surface area is 112 Å². The molecule has 0 amide bonds. The first kappa shape index (κ1) is 13.7. The minimum absolute atomic E-state index is 0.246. The van der Waals surface area contributed by atoms with Gasteiger partial charge in [-0.3, -0.25) is 4.98 Å². The normalized spacial score (nSPS) is 12.5. The number of nitrogens with zero attached hydrogens (tertiary/aromatic N) is 1. The molecule has 1 atom stereocenters. The maximum atomic E-state index is 13.0. The first-order chi connectivity index (χ1) is 8.97. The summed E-state index contributed by atoms with van der Waals surface area (Å²) in [5.74, 6) is -0.246. The lowest BCUT2D eigenvalue weighted by Gasteiger charge is -2.15. The minimum atomic E-state index is -0.614. The van der Waals surface area contributed by atoms with Crippen LogP contribution in [0.1, 0.15) is 34.2 Å². The molecule has 19 heavy (non-hydrogen) atoms. The maximum Gasteiger partial charge on any atom is 0.123 e. The Morgan fingerprint density at radius 2 is 1.89 bits per heavy atom. The molecule has 0 saturated heterocycles. The van der Waals surface area contributed by atoms with E-state index in [2.05, 4.69) is 4.98 Å². The number of pyridine rings is 1. The van der Waals surface area contributed by atoms with Crippen LogP contribution in [0.5, 0.6) is 0 Å². The first-order valence-corrected chi connectivity index (χ1v) is 6.34. The number of aromatic nitrogens is 1. The third-order valence-corrected chi connectivity index (χ3v) is 3.34. The summed E-state index contributed by atoms with van der Waals surface area (Å²) < 4.78 is 13.0. The second-order valence-corrected chi connectivity index (χ2v) is 4.92. The summed E-state index contributed by atoms with van der Waals surface area (Å²) in [6, 6.07) is 8.44. The van der Waals surface area contributed by atoms with Gasteiger partial charge in [-0.05, 0) is 50.1 Å². The Morgan fingerprint density at radius 1 is 1.16 bits per heavy atom. The SMILES string of the molecule is Cc1ccc(C(O)Cc2ccc(F)cc2C)c(C)n1. The highest BCUT2D eigenvalue weighted by molar-refractivity contribution is 5.30. The fourth-order valence-electron chi connectivity index (χ4n) is 2.26. The van der Waals surface area contributed by atoms with Crippen LogP contribution in [0.2, 0.25) is 0 Å². The summed E-state index contributed by atoms with van der Waals surface area (Å²) in [6.45, 7) is 5.67. The summed E-state index contributed by atoms with van der Waals surface area (Å²) in [4.78, 5) is 4.35. The third-order valence-electron chi connectivity index (χ3n) is 3.34. The van der Waals surface area contributed by atoms with Crippen molar-refractivity contribution in [2.45, 2.75) is 33.3 Å². The number of aliphatic hydroxyl groups is 1. The molecule has 0 aliphatic heterocycles. The molecule has 0 bridgehead atoms. The van der Waals surface area contributed by atoms with Gasteiger partial charge in [-0.15, -0.1) is 0 Å². The lowest BCUT2D eigenvalue weighted by atomic mass is 9.97. The Balaban J connectivity index is 2.23. The van der Waals surface area contributed by atoms with E-state index in [-0.39, 0.29) is 5.82 Å². The van der Waals surface area contributed by atoms with Crippen molar-refractivity contribution in [2.75, 3.05) is 0 Å². The zero-order valence-corrected chi connectivity index (χ0v) is 11.4. The molecule has 0 fully saturated rings. The Bertz CT molecular complexity index is 595. The highest BCUT2D eigenvalue weighted by atomic mass is 19.1. The number of hydrogen-bond acceptors (Lipinski definition) is 2. The van der Waals surface area contributed by atoms with Crippen LogP contribution in [0.3, 0.4) is 0 Å². The van der Waals surface area contributed by atoms with Crippen LogP contribution in [0.15, 0.2) is 30.3 Å². The Hall–Kier alpha value is -1.74. The molecular weight excluding hydrogens is 241 g/mol. The second kappa shape index (κ2) is 5.49. The van der Waals surface area contributed by atoms with Crippen molar-refractivity contribution in [1.29, 1.82) is 0 Å². The summed E-state index contributed by atoms with van der Waals surface area (Å²) in [5.41, 5.74) is 4.42. The number of hydrogen-bond donors (Lipinski definition) is 1. The molecule has 100 valence electrons. The van der Waals surface area contributed by atoms with Crippen molar-refractivity contribution in [3.8, 4) is 0 Å². The largest absolute Gasteiger partial charge is 0.388 e. The van der Waals surface area contributed by atoms with Gasteiger partial charge in [0.05, 0.1) is 6.10 Å². The molecule has 1 N–H and O–H groups in total. The Morgan fingerprint density at radius 3 is 2.53 bits per heavy atom. The smallest absolute Gasteiger partial charge is 0.123 e. The lowest BCUT2D eigenvalue weighted by Crippen LogP contribution is -2.06. The van der Waals surface area contributed by atoms with E-state index in [0.29, 0.717) is 6.42 Å². The quantitative estimate of drug-likeness (QED) is 0.916. The van der Waals surface area contributed by atoms with Crippen molar-refractivity contribution in [2.24, 2.45) is 0 Å².